The Balaban J connectivity index is 1.03. The highest BCUT2D eigenvalue weighted by Crippen LogP contribution is 2.25. The molecule has 0 aliphatic carbocycles. The van der Waals surface area contributed by atoms with E-state index in [4.69, 9.17) is 15.0 Å². The molecule has 0 saturated carbocycles. The van der Waals surface area contributed by atoms with Gasteiger partial charge >= 0.3 is 0 Å². The molecular formula is C87H114N6. The van der Waals surface area contributed by atoms with E-state index in [1.807, 2.05) is 18.2 Å². The first-order chi connectivity index (χ1) is 45.8. The second kappa shape index (κ2) is 43.9. The Bertz CT molecular complexity index is 2890. The van der Waals surface area contributed by atoms with Crippen LogP contribution in [0.2, 0.25) is 0 Å². The molecule has 0 aliphatic rings. The average Bonchev–Trinajstić information content (AvgIpc) is 2.86. The summed E-state index contributed by atoms with van der Waals surface area (Å²) in [6.45, 7) is 20.6. The second-order valence-electron chi connectivity index (χ2n) is 25.5. The van der Waals surface area contributed by atoms with Gasteiger partial charge < -0.3 is 14.7 Å². The molecule has 0 saturated heterocycles. The predicted molar refractivity (Wildman–Crippen MR) is 414 cm³/mol. The van der Waals surface area contributed by atoms with Crippen LogP contribution in [-0.2, 0) is 0 Å². The lowest BCUT2D eigenvalue weighted by atomic mass is 10.1. The van der Waals surface area contributed by atoms with E-state index in [1.165, 1.54) is 188 Å². The zero-order chi connectivity index (χ0) is 65.2. The van der Waals surface area contributed by atoms with Gasteiger partial charge in [0.1, 0.15) is 0 Å². The topological polar surface area (TPSA) is 48.4 Å². The summed E-state index contributed by atoms with van der Waals surface area (Å²) in [5.74, 6) is 1.78. The number of rotatable bonds is 45. The molecule has 7 aromatic rings. The molecule has 0 amide bonds. The molecule has 0 radical (unpaired) electrons. The van der Waals surface area contributed by atoms with Gasteiger partial charge in [-0.1, -0.05) is 321 Å². The molecule has 1 heterocycles. The summed E-state index contributed by atoms with van der Waals surface area (Å²) in [6, 6.07) is 53.4. The minimum absolute atomic E-state index is 0.595. The largest absolute Gasteiger partial charge is 0.372 e. The van der Waals surface area contributed by atoms with E-state index in [1.54, 1.807) is 0 Å². The fraction of sp³-hybridized carbons (Fsp3) is 0.414. The Hall–Kier alpha value is -7.83. The maximum Gasteiger partial charge on any atom is 0.156 e. The van der Waals surface area contributed by atoms with Crippen molar-refractivity contribution in [2.75, 3.05) is 54.0 Å². The average molecular weight is 1240 g/mol. The highest BCUT2D eigenvalue weighted by Gasteiger charge is 2.11. The van der Waals surface area contributed by atoms with E-state index in [0.29, 0.717) is 17.5 Å². The first-order valence-corrected chi connectivity index (χ1v) is 36.5. The van der Waals surface area contributed by atoms with Crippen molar-refractivity contribution >= 4 is 90.0 Å². The van der Waals surface area contributed by atoms with Crippen LogP contribution in [0.25, 0.3) is 72.9 Å². The normalized spacial score (nSPS) is 11.9. The molecule has 0 bridgehead atoms. The van der Waals surface area contributed by atoms with Gasteiger partial charge in [-0.2, -0.15) is 0 Å². The maximum absolute atomic E-state index is 4.94. The smallest absolute Gasteiger partial charge is 0.156 e. The minimum atomic E-state index is 0.595. The third kappa shape index (κ3) is 28.1. The highest BCUT2D eigenvalue weighted by atomic mass is 15.1. The lowest BCUT2D eigenvalue weighted by Gasteiger charge is -2.25. The molecule has 6 nitrogen and oxygen atoms in total. The molecule has 0 unspecified atom stereocenters. The SMILES string of the molecule is CCCCCCN(CCCCCC)c1ccc(/C=C/c2ccc(/C=C/c3nc(/C=C/c4ccc(/C=C/c5ccc(N(CCCCCC)CCCCCC)cc5)cc4)nc(/C=C/c4ccc(/C=C/c5ccc(N(CCCCCC)CCCCCC)cc5)cc4)n3)cc2)cc1. The molecule has 1 aromatic heterocycles. The van der Waals surface area contributed by atoms with Gasteiger partial charge in [0.25, 0.3) is 0 Å². The van der Waals surface area contributed by atoms with Crippen LogP contribution < -0.4 is 14.7 Å². The molecule has 0 aliphatic heterocycles. The Morgan fingerprint density at radius 1 is 0.194 bits per heavy atom. The summed E-state index contributed by atoms with van der Waals surface area (Å²) >= 11 is 0. The minimum Gasteiger partial charge on any atom is -0.372 e. The fourth-order valence-corrected chi connectivity index (χ4v) is 11.8. The van der Waals surface area contributed by atoms with Crippen molar-refractivity contribution in [1.29, 1.82) is 0 Å². The molecule has 0 fully saturated rings. The van der Waals surface area contributed by atoms with Crippen molar-refractivity contribution < 1.29 is 0 Å². The second-order valence-corrected chi connectivity index (χ2v) is 25.5. The summed E-state index contributed by atoms with van der Waals surface area (Å²) in [6.07, 6.45) is 56.4. The lowest BCUT2D eigenvalue weighted by Crippen LogP contribution is -2.25. The summed E-state index contributed by atoms with van der Waals surface area (Å²) in [5, 5.41) is 0. The summed E-state index contributed by atoms with van der Waals surface area (Å²) in [7, 11) is 0. The van der Waals surface area contributed by atoms with Crippen LogP contribution in [-0.4, -0.2) is 54.2 Å². The van der Waals surface area contributed by atoms with Crippen LogP contribution in [0.5, 0.6) is 0 Å². The zero-order valence-electron chi connectivity index (χ0n) is 58.2. The van der Waals surface area contributed by atoms with Crippen molar-refractivity contribution in [3.05, 3.63) is 213 Å². The quantitative estimate of drug-likeness (QED) is 0.0280. The number of nitrogens with zero attached hydrogens (tertiary/aromatic N) is 6. The Labute approximate surface area is 564 Å². The Morgan fingerprint density at radius 3 is 0.505 bits per heavy atom. The van der Waals surface area contributed by atoms with Gasteiger partial charge in [-0.15, -0.1) is 0 Å². The van der Waals surface area contributed by atoms with Crippen LogP contribution in [0, 0.1) is 0 Å². The van der Waals surface area contributed by atoms with Crippen molar-refractivity contribution in [3.63, 3.8) is 0 Å². The van der Waals surface area contributed by atoms with Crippen LogP contribution >= 0.6 is 0 Å². The standard InChI is InChI=1S/C87H114N6/c1-7-13-19-25-67-91(68-26-20-14-8-2)82-58-49-79(50-59-82)46-37-73-31-40-76(41-32-73)55-64-85-88-86(65-56-77-42-33-74(34-43-77)38-47-80-51-60-83(61-52-80)92(69-27-21-15-9-3)70-28-22-16-10-4)90-87(89-85)66-57-78-44-35-75(36-45-78)39-48-81-53-62-84(63-54-81)93(71-29-23-17-11-5)72-30-24-18-12-6/h31-66H,7-30,67-72H2,1-6H3/b46-37+,47-38+,48-39+,64-55+,65-56+,66-57+. The first kappa shape index (κ1) is 72.6. The van der Waals surface area contributed by atoms with Gasteiger partial charge in [-0.25, -0.2) is 15.0 Å². The van der Waals surface area contributed by atoms with E-state index >= 15 is 0 Å². The number of benzene rings is 6. The fourth-order valence-electron chi connectivity index (χ4n) is 11.8. The Kier molecular flexibility index (Phi) is 34.3. The maximum atomic E-state index is 4.94. The van der Waals surface area contributed by atoms with Crippen LogP contribution in [0.3, 0.4) is 0 Å². The highest BCUT2D eigenvalue weighted by molar-refractivity contribution is 5.77. The third-order valence-corrected chi connectivity index (χ3v) is 17.6. The summed E-state index contributed by atoms with van der Waals surface area (Å²) in [4.78, 5) is 22.6. The zero-order valence-corrected chi connectivity index (χ0v) is 58.2. The molecule has 6 aromatic carbocycles. The molecule has 492 valence electrons. The molecule has 6 heteroatoms. The third-order valence-electron chi connectivity index (χ3n) is 17.6. The van der Waals surface area contributed by atoms with E-state index in [9.17, 15) is 0 Å². The molecule has 7 rings (SSSR count). The van der Waals surface area contributed by atoms with Gasteiger partial charge in [-0.05, 0) is 143 Å². The number of anilines is 3. The Morgan fingerprint density at radius 2 is 0.344 bits per heavy atom. The van der Waals surface area contributed by atoms with Crippen LogP contribution in [0.4, 0.5) is 17.1 Å². The molecule has 0 spiro atoms. The van der Waals surface area contributed by atoms with Crippen LogP contribution in [0.15, 0.2) is 146 Å². The monoisotopic (exact) mass is 1240 g/mol. The van der Waals surface area contributed by atoms with Crippen molar-refractivity contribution in [1.82, 2.24) is 15.0 Å². The lowest BCUT2D eigenvalue weighted by molar-refractivity contribution is 0.609. The van der Waals surface area contributed by atoms with Gasteiger partial charge in [0.15, 0.2) is 17.5 Å². The van der Waals surface area contributed by atoms with Gasteiger partial charge in [-0.3, -0.25) is 0 Å². The number of aromatic nitrogens is 3. The van der Waals surface area contributed by atoms with E-state index < -0.39 is 0 Å². The first-order valence-electron chi connectivity index (χ1n) is 36.5. The number of hydrogen-bond donors (Lipinski definition) is 0. The van der Waals surface area contributed by atoms with E-state index in [0.717, 1.165) is 72.6 Å². The van der Waals surface area contributed by atoms with Crippen molar-refractivity contribution in [3.8, 4) is 0 Å². The molecule has 0 N–H and O–H groups in total. The molecule has 93 heavy (non-hydrogen) atoms. The van der Waals surface area contributed by atoms with Crippen molar-refractivity contribution in [2.24, 2.45) is 0 Å². The van der Waals surface area contributed by atoms with Gasteiger partial charge in [0.2, 0.25) is 0 Å². The summed E-state index contributed by atoms with van der Waals surface area (Å²) in [5.41, 5.74) is 14.3. The molecular weight excluding hydrogens is 1130 g/mol. The van der Waals surface area contributed by atoms with Crippen LogP contribution in [0.1, 0.15) is 263 Å². The number of hydrogen-bond acceptors (Lipinski definition) is 6. The summed E-state index contributed by atoms with van der Waals surface area (Å²) < 4.78 is 0. The number of unbranched alkanes of at least 4 members (excludes halogenated alkanes) is 18. The van der Waals surface area contributed by atoms with E-state index in [2.05, 4.69) is 257 Å². The molecule has 0 atom stereocenters. The van der Waals surface area contributed by atoms with Gasteiger partial charge in [0, 0.05) is 56.3 Å². The predicted octanol–water partition coefficient (Wildman–Crippen LogP) is 24.8. The van der Waals surface area contributed by atoms with Gasteiger partial charge in [0.05, 0.1) is 0 Å². The van der Waals surface area contributed by atoms with Crippen molar-refractivity contribution in [2.45, 2.75) is 196 Å². The van der Waals surface area contributed by atoms with E-state index in [-0.39, 0.29) is 0 Å².